The van der Waals surface area contributed by atoms with Crippen LogP contribution in [0.1, 0.15) is 16.4 Å². The van der Waals surface area contributed by atoms with Crippen molar-refractivity contribution in [2.24, 2.45) is 0 Å². The molecular weight excluding hydrogens is 340 g/mol. The van der Waals surface area contributed by atoms with E-state index in [2.05, 4.69) is 5.32 Å². The predicted molar refractivity (Wildman–Crippen MR) is 97.2 cm³/mol. The van der Waals surface area contributed by atoms with Gasteiger partial charge in [-0.1, -0.05) is 30.3 Å². The third-order valence-electron chi connectivity index (χ3n) is 3.87. The van der Waals surface area contributed by atoms with Crippen LogP contribution in [0.25, 0.3) is 0 Å². The molecule has 0 amide bonds. The van der Waals surface area contributed by atoms with Crippen LogP contribution in [0.4, 0.5) is 0 Å². The molecule has 2 aromatic carbocycles. The molecule has 1 aliphatic heterocycles. The van der Waals surface area contributed by atoms with Crippen LogP contribution in [-0.2, 0) is 6.61 Å². The molecule has 0 fully saturated rings. The van der Waals surface area contributed by atoms with E-state index in [4.69, 9.17) is 9.47 Å². The van der Waals surface area contributed by atoms with Crippen molar-refractivity contribution < 1.29 is 14.4 Å². The number of rotatable bonds is 6. The normalized spacial score (nSPS) is 16.0. The lowest BCUT2D eigenvalue weighted by molar-refractivity contribution is -0.431. The number of nitrogens with one attached hydrogen (secondary N) is 1. The first-order valence-electron chi connectivity index (χ1n) is 7.71. The van der Waals surface area contributed by atoms with E-state index in [1.165, 1.54) is 11.8 Å². The summed E-state index contributed by atoms with van der Waals surface area (Å²) < 4.78 is 11.5. The third kappa shape index (κ3) is 3.56. The van der Waals surface area contributed by atoms with E-state index in [9.17, 15) is 10.1 Å². The van der Waals surface area contributed by atoms with E-state index in [-0.39, 0.29) is 11.6 Å². The van der Waals surface area contributed by atoms with Gasteiger partial charge in [0.2, 0.25) is 0 Å². The first kappa shape index (κ1) is 17.2. The summed E-state index contributed by atoms with van der Waals surface area (Å²) in [4.78, 5) is 11.0. The Bertz CT molecular complexity index is 808. The van der Waals surface area contributed by atoms with Gasteiger partial charge < -0.3 is 14.8 Å². The van der Waals surface area contributed by atoms with Crippen LogP contribution in [0.15, 0.2) is 60.1 Å². The van der Waals surface area contributed by atoms with Crippen molar-refractivity contribution in [2.45, 2.75) is 11.9 Å². The fourth-order valence-corrected chi connectivity index (χ4v) is 3.54. The summed E-state index contributed by atoms with van der Waals surface area (Å²) >= 11 is 1.40. The second kappa shape index (κ2) is 7.48. The maximum absolute atomic E-state index is 11.4. The number of fused-ring (bicyclic) bond motifs is 1. The van der Waals surface area contributed by atoms with E-state index in [0.717, 1.165) is 11.1 Å². The maximum Gasteiger partial charge on any atom is 0.322 e. The number of ether oxygens (including phenoxy) is 2. The average Bonchev–Trinajstić information content (AvgIpc) is 2.65. The number of hydrogen-bond donors (Lipinski definition) is 1. The van der Waals surface area contributed by atoms with Gasteiger partial charge in [-0.05, 0) is 24.0 Å². The zero-order valence-electron chi connectivity index (χ0n) is 13.9. The highest BCUT2D eigenvalue weighted by atomic mass is 32.2. The number of benzene rings is 2. The largest absolute Gasteiger partial charge is 0.489 e. The summed E-state index contributed by atoms with van der Waals surface area (Å²) in [6.45, 7) is 0.445. The van der Waals surface area contributed by atoms with Crippen LogP contribution in [0, 0.1) is 10.1 Å². The number of thioether (sulfide) groups is 1. The Morgan fingerprint density at radius 1 is 1.28 bits per heavy atom. The second-order valence-electron chi connectivity index (χ2n) is 5.41. The summed E-state index contributed by atoms with van der Waals surface area (Å²) in [5.41, 5.74) is 1.86. The Morgan fingerprint density at radius 2 is 2.04 bits per heavy atom. The lowest BCUT2D eigenvalue weighted by atomic mass is 10.1. The molecule has 0 radical (unpaired) electrons. The van der Waals surface area contributed by atoms with E-state index in [1.807, 2.05) is 48.7 Å². The lowest BCUT2D eigenvalue weighted by Crippen LogP contribution is -2.26. The molecule has 1 atom stereocenters. The highest BCUT2D eigenvalue weighted by Gasteiger charge is 2.38. The maximum atomic E-state index is 11.4. The molecule has 0 bridgehead atoms. The second-order valence-corrected chi connectivity index (χ2v) is 6.36. The molecule has 6 nitrogen and oxygen atoms in total. The van der Waals surface area contributed by atoms with Crippen molar-refractivity contribution in [1.29, 1.82) is 0 Å². The average molecular weight is 358 g/mol. The topological polar surface area (TPSA) is 73.6 Å². The summed E-state index contributed by atoms with van der Waals surface area (Å²) in [6, 6.07) is 15.3. The number of nitro groups is 1. The van der Waals surface area contributed by atoms with E-state index < -0.39 is 10.2 Å². The van der Waals surface area contributed by atoms with Crippen molar-refractivity contribution in [3.63, 3.8) is 0 Å². The van der Waals surface area contributed by atoms with Crippen LogP contribution in [0.5, 0.6) is 11.5 Å². The third-order valence-corrected chi connectivity index (χ3v) is 4.82. The lowest BCUT2D eigenvalue weighted by Gasteiger charge is -2.24. The van der Waals surface area contributed by atoms with Crippen LogP contribution in [0.3, 0.4) is 0 Å². The Hall–Kier alpha value is -2.67. The monoisotopic (exact) mass is 358 g/mol. The van der Waals surface area contributed by atoms with Gasteiger partial charge in [-0.15, -0.1) is 11.8 Å². The van der Waals surface area contributed by atoms with Crippen LogP contribution in [0.2, 0.25) is 0 Å². The first-order chi connectivity index (χ1) is 12.1. The van der Waals surface area contributed by atoms with E-state index in [1.54, 1.807) is 13.1 Å². The van der Waals surface area contributed by atoms with Gasteiger partial charge in [0.15, 0.2) is 0 Å². The summed E-state index contributed by atoms with van der Waals surface area (Å²) in [5.74, 6) is 1.39. The van der Waals surface area contributed by atoms with Gasteiger partial charge in [-0.25, -0.2) is 0 Å². The van der Waals surface area contributed by atoms with Crippen molar-refractivity contribution in [2.75, 3.05) is 13.3 Å². The minimum atomic E-state index is -0.399. The van der Waals surface area contributed by atoms with Crippen molar-refractivity contribution in [3.05, 3.63) is 81.4 Å². The molecule has 0 aliphatic carbocycles. The molecule has 25 heavy (non-hydrogen) atoms. The Labute approximate surface area is 150 Å². The smallest absolute Gasteiger partial charge is 0.322 e. The molecule has 1 N–H and O–H groups in total. The minimum Gasteiger partial charge on any atom is -0.489 e. The molecule has 0 aromatic heterocycles. The summed E-state index contributed by atoms with van der Waals surface area (Å²) in [6.07, 6.45) is 1.84. The highest BCUT2D eigenvalue weighted by molar-refractivity contribution is 7.99. The zero-order chi connectivity index (χ0) is 17.8. The Morgan fingerprint density at radius 3 is 2.68 bits per heavy atom. The number of hydrogen-bond acceptors (Lipinski definition) is 6. The molecule has 1 aliphatic rings. The van der Waals surface area contributed by atoms with E-state index in [0.29, 0.717) is 18.1 Å². The van der Waals surface area contributed by atoms with Crippen molar-refractivity contribution >= 4 is 11.8 Å². The molecule has 0 spiro atoms. The molecule has 0 saturated carbocycles. The standard InChI is InChI=1S/C18H18N2O4S/c1-19-18-16(20(21)22)17(25-2)14-9-8-13(10-15(14)24-18)23-11-12-6-4-3-5-7-12/h3-10,17,19H,11H2,1-2H3. The molecule has 0 saturated heterocycles. The molecule has 7 heteroatoms. The number of nitrogens with zero attached hydrogens (tertiary/aromatic N) is 1. The van der Waals surface area contributed by atoms with Crippen molar-refractivity contribution in [3.8, 4) is 11.5 Å². The van der Waals surface area contributed by atoms with E-state index >= 15 is 0 Å². The molecule has 2 aromatic rings. The van der Waals surface area contributed by atoms with Gasteiger partial charge in [0.1, 0.15) is 23.4 Å². The first-order valence-corrected chi connectivity index (χ1v) is 9.00. The van der Waals surface area contributed by atoms with Crippen molar-refractivity contribution in [1.82, 2.24) is 5.32 Å². The minimum absolute atomic E-state index is 0.0282. The zero-order valence-corrected chi connectivity index (χ0v) is 14.7. The molecule has 3 rings (SSSR count). The quantitative estimate of drug-likeness (QED) is 0.627. The van der Waals surface area contributed by atoms with Gasteiger partial charge in [-0.2, -0.15) is 0 Å². The fraction of sp³-hybridized carbons (Fsp3) is 0.222. The summed E-state index contributed by atoms with van der Waals surface area (Å²) in [7, 11) is 1.61. The van der Waals surface area contributed by atoms with Gasteiger partial charge in [0.05, 0.1) is 4.92 Å². The highest BCUT2D eigenvalue weighted by Crippen LogP contribution is 2.45. The van der Waals surface area contributed by atoms with Gasteiger partial charge in [0.25, 0.3) is 5.88 Å². The van der Waals surface area contributed by atoms with Crippen LogP contribution >= 0.6 is 11.8 Å². The molecule has 1 heterocycles. The molecular formula is C18H18N2O4S. The Kier molecular flexibility index (Phi) is 5.14. The molecule has 1 unspecified atom stereocenters. The predicted octanol–water partition coefficient (Wildman–Crippen LogP) is 3.73. The van der Waals surface area contributed by atoms with Gasteiger partial charge >= 0.3 is 5.70 Å². The van der Waals surface area contributed by atoms with Crippen LogP contribution < -0.4 is 14.8 Å². The SMILES string of the molecule is CNC1=C([N+](=O)[O-])C(SC)c2ccc(OCc3ccccc3)cc2O1. The molecule has 130 valence electrons. The van der Waals surface area contributed by atoms with Gasteiger partial charge in [-0.3, -0.25) is 10.1 Å². The van der Waals surface area contributed by atoms with Crippen LogP contribution in [-0.4, -0.2) is 18.2 Å². The van der Waals surface area contributed by atoms with Gasteiger partial charge in [0, 0.05) is 18.7 Å². The Balaban J connectivity index is 1.86. The fourth-order valence-electron chi connectivity index (χ4n) is 2.68. The summed E-state index contributed by atoms with van der Waals surface area (Å²) in [5, 5.41) is 13.8.